The summed E-state index contributed by atoms with van der Waals surface area (Å²) >= 11 is 0. The Balaban J connectivity index is 1.44. The van der Waals surface area contributed by atoms with Crippen molar-refractivity contribution in [2.45, 2.75) is 38.6 Å². The average Bonchev–Trinajstić information content (AvgIpc) is 3.17. The second-order valence-corrected chi connectivity index (χ2v) is 8.03. The van der Waals surface area contributed by atoms with E-state index in [2.05, 4.69) is 10.5 Å². The quantitative estimate of drug-likeness (QED) is 0.828. The second kappa shape index (κ2) is 7.85. The molecule has 1 spiro atoms. The average molecular weight is 398 g/mol. The number of methoxy groups -OCH3 is 1. The van der Waals surface area contributed by atoms with Crippen molar-refractivity contribution in [2.75, 3.05) is 26.7 Å². The number of carbonyl (C=O) groups excluding carboxylic acids is 3. The molecule has 29 heavy (non-hydrogen) atoms. The third kappa shape index (κ3) is 3.83. The number of nitrogens with zero attached hydrogens (tertiary/aromatic N) is 3. The first kappa shape index (κ1) is 19.4. The summed E-state index contributed by atoms with van der Waals surface area (Å²) in [4.78, 5) is 41.0. The predicted octanol–water partition coefficient (Wildman–Crippen LogP) is 1.30. The lowest BCUT2D eigenvalue weighted by Crippen LogP contribution is -2.50. The highest BCUT2D eigenvalue weighted by Crippen LogP contribution is 2.40. The molecule has 1 N–H and O–H groups in total. The number of hydrogen-bond donors (Lipinski definition) is 1. The fourth-order valence-electron chi connectivity index (χ4n) is 4.53. The SMILES string of the molecule is COc1cccc(CN2CCC[C@@]3(CCN(C(=O)C4=NNC(=O)CC4)C3)C2=O)c1. The Hall–Kier alpha value is -2.90. The van der Waals surface area contributed by atoms with Crippen molar-refractivity contribution in [3.63, 3.8) is 0 Å². The van der Waals surface area contributed by atoms with Gasteiger partial charge in [-0.3, -0.25) is 14.4 Å². The van der Waals surface area contributed by atoms with Crippen molar-refractivity contribution in [3.05, 3.63) is 29.8 Å². The lowest BCUT2D eigenvalue weighted by molar-refractivity contribution is -0.146. The molecule has 2 saturated heterocycles. The highest BCUT2D eigenvalue weighted by molar-refractivity contribution is 6.39. The van der Waals surface area contributed by atoms with Crippen LogP contribution in [0.5, 0.6) is 5.75 Å². The molecule has 1 aromatic rings. The number of hydrazone groups is 1. The number of nitrogens with one attached hydrogen (secondary N) is 1. The topological polar surface area (TPSA) is 91.3 Å². The second-order valence-electron chi connectivity index (χ2n) is 8.03. The number of carbonyl (C=O) groups is 3. The van der Waals surface area contributed by atoms with Gasteiger partial charge in [0.05, 0.1) is 12.5 Å². The standard InChI is InChI=1S/C21H26N4O4/c1-29-16-5-2-4-15(12-16)13-24-10-3-8-21(20(24)28)9-11-25(14-21)19(27)17-6-7-18(26)23-22-17/h2,4-5,12H,3,6-11,13-14H2,1H3,(H,23,26)/t21-/m0/s1. The molecule has 3 amide bonds. The molecule has 3 aliphatic heterocycles. The van der Waals surface area contributed by atoms with Gasteiger partial charge >= 0.3 is 0 Å². The van der Waals surface area contributed by atoms with Crippen molar-refractivity contribution in [1.82, 2.24) is 15.2 Å². The lowest BCUT2D eigenvalue weighted by atomic mass is 9.78. The Morgan fingerprint density at radius 3 is 2.86 bits per heavy atom. The monoisotopic (exact) mass is 398 g/mol. The molecule has 0 bridgehead atoms. The highest BCUT2D eigenvalue weighted by atomic mass is 16.5. The van der Waals surface area contributed by atoms with Crippen LogP contribution >= 0.6 is 0 Å². The molecule has 8 nitrogen and oxygen atoms in total. The molecule has 0 aliphatic carbocycles. The summed E-state index contributed by atoms with van der Waals surface area (Å²) in [6.45, 7) is 2.24. The van der Waals surface area contributed by atoms with Crippen LogP contribution < -0.4 is 10.2 Å². The zero-order valence-electron chi connectivity index (χ0n) is 16.6. The van der Waals surface area contributed by atoms with Crippen molar-refractivity contribution < 1.29 is 19.1 Å². The molecule has 3 heterocycles. The van der Waals surface area contributed by atoms with Crippen LogP contribution in [0.4, 0.5) is 0 Å². The summed E-state index contributed by atoms with van der Waals surface area (Å²) in [6.07, 6.45) is 3.02. The van der Waals surface area contributed by atoms with Crippen LogP contribution in [-0.2, 0) is 20.9 Å². The van der Waals surface area contributed by atoms with Crippen LogP contribution in [-0.4, -0.2) is 60.0 Å². The maximum absolute atomic E-state index is 13.4. The summed E-state index contributed by atoms with van der Waals surface area (Å²) in [5.74, 6) is 0.565. The van der Waals surface area contributed by atoms with E-state index in [0.29, 0.717) is 38.2 Å². The van der Waals surface area contributed by atoms with Gasteiger partial charge in [-0.15, -0.1) is 0 Å². The molecule has 3 aliphatic rings. The maximum Gasteiger partial charge on any atom is 0.270 e. The zero-order chi connectivity index (χ0) is 20.4. The van der Waals surface area contributed by atoms with Gasteiger partial charge in [-0.05, 0) is 37.0 Å². The van der Waals surface area contributed by atoms with Crippen LogP contribution in [0.25, 0.3) is 0 Å². The van der Waals surface area contributed by atoms with Crippen molar-refractivity contribution in [2.24, 2.45) is 10.5 Å². The molecule has 1 aromatic carbocycles. The van der Waals surface area contributed by atoms with E-state index in [0.717, 1.165) is 30.7 Å². The molecule has 2 fully saturated rings. The van der Waals surface area contributed by atoms with E-state index in [9.17, 15) is 14.4 Å². The Bertz CT molecular complexity index is 868. The number of ether oxygens (including phenoxy) is 1. The third-order valence-corrected chi connectivity index (χ3v) is 6.12. The van der Waals surface area contributed by atoms with Gasteiger partial charge in [-0.1, -0.05) is 12.1 Å². The van der Waals surface area contributed by atoms with E-state index < -0.39 is 5.41 Å². The lowest BCUT2D eigenvalue weighted by Gasteiger charge is -2.39. The van der Waals surface area contributed by atoms with Gasteiger partial charge in [0, 0.05) is 39.0 Å². The number of benzene rings is 1. The summed E-state index contributed by atoms with van der Waals surface area (Å²) in [6, 6.07) is 7.77. The molecular weight excluding hydrogens is 372 g/mol. The fraction of sp³-hybridized carbons (Fsp3) is 0.524. The van der Waals surface area contributed by atoms with E-state index in [-0.39, 0.29) is 24.1 Å². The van der Waals surface area contributed by atoms with Gasteiger partial charge in [-0.2, -0.15) is 5.10 Å². The summed E-state index contributed by atoms with van der Waals surface area (Å²) in [5, 5.41) is 3.91. The molecule has 0 unspecified atom stereocenters. The van der Waals surface area contributed by atoms with E-state index in [1.54, 1.807) is 12.0 Å². The molecule has 8 heteroatoms. The predicted molar refractivity (Wildman–Crippen MR) is 106 cm³/mol. The van der Waals surface area contributed by atoms with E-state index in [1.165, 1.54) is 0 Å². The smallest absolute Gasteiger partial charge is 0.270 e. The van der Waals surface area contributed by atoms with E-state index in [4.69, 9.17) is 4.74 Å². The molecule has 0 radical (unpaired) electrons. The first-order valence-electron chi connectivity index (χ1n) is 10.1. The van der Waals surface area contributed by atoms with E-state index >= 15 is 0 Å². The van der Waals surface area contributed by atoms with Crippen molar-refractivity contribution in [1.29, 1.82) is 0 Å². The van der Waals surface area contributed by atoms with Crippen LogP contribution in [0.1, 0.15) is 37.7 Å². The molecule has 4 rings (SSSR count). The number of piperidine rings is 1. The van der Waals surface area contributed by atoms with E-state index in [1.807, 2.05) is 29.2 Å². The Morgan fingerprint density at radius 1 is 1.24 bits per heavy atom. The Morgan fingerprint density at radius 2 is 2.10 bits per heavy atom. The summed E-state index contributed by atoms with van der Waals surface area (Å²) < 4.78 is 5.28. The summed E-state index contributed by atoms with van der Waals surface area (Å²) in [7, 11) is 1.63. The molecule has 0 aromatic heterocycles. The van der Waals surface area contributed by atoms with Gasteiger partial charge in [0.2, 0.25) is 11.8 Å². The van der Waals surface area contributed by atoms with Gasteiger partial charge in [0.25, 0.3) is 5.91 Å². The van der Waals surface area contributed by atoms with Gasteiger partial charge in [0.15, 0.2) is 0 Å². The largest absolute Gasteiger partial charge is 0.497 e. The number of amides is 3. The Kier molecular flexibility index (Phi) is 5.25. The van der Waals surface area contributed by atoms with Gasteiger partial charge < -0.3 is 14.5 Å². The molecular formula is C21H26N4O4. The number of likely N-dealkylation sites (tertiary alicyclic amines) is 2. The number of rotatable bonds is 4. The normalized spacial score (nSPS) is 24.5. The minimum absolute atomic E-state index is 0.126. The fourth-order valence-corrected chi connectivity index (χ4v) is 4.53. The van der Waals surface area contributed by atoms with Gasteiger partial charge in [-0.25, -0.2) is 5.43 Å². The van der Waals surface area contributed by atoms with Crippen LogP contribution in [0, 0.1) is 5.41 Å². The Labute approximate surface area is 169 Å². The van der Waals surface area contributed by atoms with Crippen molar-refractivity contribution in [3.8, 4) is 5.75 Å². The number of hydrogen-bond acceptors (Lipinski definition) is 5. The minimum Gasteiger partial charge on any atom is -0.497 e. The molecule has 154 valence electrons. The third-order valence-electron chi connectivity index (χ3n) is 6.12. The first-order chi connectivity index (χ1) is 14.0. The molecule has 0 saturated carbocycles. The van der Waals surface area contributed by atoms with Crippen LogP contribution in [0.2, 0.25) is 0 Å². The zero-order valence-corrected chi connectivity index (χ0v) is 16.6. The maximum atomic E-state index is 13.4. The van der Waals surface area contributed by atoms with Crippen LogP contribution in [0.15, 0.2) is 29.4 Å². The van der Waals surface area contributed by atoms with Crippen molar-refractivity contribution >= 4 is 23.4 Å². The minimum atomic E-state index is -0.509. The first-order valence-corrected chi connectivity index (χ1v) is 10.1. The highest BCUT2D eigenvalue weighted by Gasteiger charge is 2.49. The van der Waals surface area contributed by atoms with Gasteiger partial charge in [0.1, 0.15) is 11.5 Å². The molecule has 1 atom stereocenters. The summed E-state index contributed by atoms with van der Waals surface area (Å²) in [5.41, 5.74) is 3.28. The van der Waals surface area contributed by atoms with Crippen LogP contribution in [0.3, 0.4) is 0 Å².